The van der Waals surface area contributed by atoms with Gasteiger partial charge in [0, 0.05) is 30.5 Å². The molecule has 1 saturated heterocycles. The van der Waals surface area contributed by atoms with Crippen LogP contribution in [0.3, 0.4) is 0 Å². The standard InChI is InChI=1S/C16H27N3O3/c1-16(2,3)15(22)17-10-13(20)18-12-6-8-19(9-7-12)14(21)11-4-5-11/h11-12H,4-10H2,1-3H3,(H,17,22)(H,18,20). The lowest BCUT2D eigenvalue weighted by Crippen LogP contribution is -2.49. The van der Waals surface area contributed by atoms with Crippen molar-refractivity contribution in [1.29, 1.82) is 0 Å². The van der Waals surface area contributed by atoms with E-state index in [1.54, 1.807) is 0 Å². The van der Waals surface area contributed by atoms with Gasteiger partial charge in [0.2, 0.25) is 17.7 Å². The van der Waals surface area contributed by atoms with Gasteiger partial charge in [-0.1, -0.05) is 20.8 Å². The van der Waals surface area contributed by atoms with Gasteiger partial charge in [-0.2, -0.15) is 0 Å². The highest BCUT2D eigenvalue weighted by Crippen LogP contribution is 2.31. The summed E-state index contributed by atoms with van der Waals surface area (Å²) in [5.41, 5.74) is -0.491. The van der Waals surface area contributed by atoms with Gasteiger partial charge in [0.1, 0.15) is 0 Å². The van der Waals surface area contributed by atoms with E-state index in [4.69, 9.17) is 0 Å². The van der Waals surface area contributed by atoms with E-state index < -0.39 is 5.41 Å². The van der Waals surface area contributed by atoms with Crippen LogP contribution in [0.25, 0.3) is 0 Å². The fourth-order valence-electron chi connectivity index (χ4n) is 2.54. The maximum Gasteiger partial charge on any atom is 0.239 e. The van der Waals surface area contributed by atoms with E-state index in [1.165, 1.54) is 0 Å². The Morgan fingerprint density at radius 2 is 1.64 bits per heavy atom. The summed E-state index contributed by atoms with van der Waals surface area (Å²) in [6.07, 6.45) is 3.64. The number of hydrogen-bond acceptors (Lipinski definition) is 3. The van der Waals surface area contributed by atoms with Gasteiger partial charge < -0.3 is 15.5 Å². The summed E-state index contributed by atoms with van der Waals surface area (Å²) < 4.78 is 0. The van der Waals surface area contributed by atoms with Gasteiger partial charge in [0.05, 0.1) is 6.54 Å². The molecule has 22 heavy (non-hydrogen) atoms. The van der Waals surface area contributed by atoms with Crippen LogP contribution >= 0.6 is 0 Å². The molecule has 3 amide bonds. The molecule has 0 spiro atoms. The number of nitrogens with zero attached hydrogens (tertiary/aromatic N) is 1. The molecule has 0 bridgehead atoms. The normalized spacial score (nSPS) is 19.7. The lowest BCUT2D eigenvalue weighted by Gasteiger charge is -2.32. The van der Waals surface area contributed by atoms with Crippen LogP contribution in [-0.4, -0.2) is 48.3 Å². The molecule has 6 nitrogen and oxygen atoms in total. The molecule has 124 valence electrons. The lowest BCUT2D eigenvalue weighted by molar-refractivity contribution is -0.134. The van der Waals surface area contributed by atoms with Crippen molar-refractivity contribution in [2.75, 3.05) is 19.6 Å². The van der Waals surface area contributed by atoms with E-state index >= 15 is 0 Å². The summed E-state index contributed by atoms with van der Waals surface area (Å²) in [7, 11) is 0. The molecule has 1 aliphatic heterocycles. The first-order chi connectivity index (χ1) is 10.3. The summed E-state index contributed by atoms with van der Waals surface area (Å²) in [6, 6.07) is 0.0993. The van der Waals surface area contributed by atoms with Crippen molar-refractivity contribution in [2.24, 2.45) is 11.3 Å². The number of likely N-dealkylation sites (tertiary alicyclic amines) is 1. The van der Waals surface area contributed by atoms with Gasteiger partial charge in [-0.25, -0.2) is 0 Å². The summed E-state index contributed by atoms with van der Waals surface area (Å²) in [5.74, 6) is 0.248. The highest BCUT2D eigenvalue weighted by molar-refractivity contribution is 5.87. The molecule has 2 rings (SSSR count). The molecule has 0 aromatic heterocycles. The molecule has 2 fully saturated rings. The van der Waals surface area contributed by atoms with E-state index in [2.05, 4.69) is 10.6 Å². The predicted octanol–water partition coefficient (Wildman–Crippen LogP) is 0.666. The first-order valence-electron chi connectivity index (χ1n) is 8.14. The number of carbonyl (C=O) groups is 3. The Labute approximate surface area is 132 Å². The van der Waals surface area contributed by atoms with E-state index in [0.29, 0.717) is 13.1 Å². The Bertz CT molecular complexity index is 444. The minimum absolute atomic E-state index is 0.0112. The molecule has 6 heteroatoms. The fourth-order valence-corrected chi connectivity index (χ4v) is 2.54. The Hall–Kier alpha value is -1.59. The van der Waals surface area contributed by atoms with Crippen molar-refractivity contribution in [3.63, 3.8) is 0 Å². The van der Waals surface area contributed by atoms with Gasteiger partial charge in [0.25, 0.3) is 0 Å². The summed E-state index contributed by atoms with van der Waals surface area (Å²) in [5, 5.41) is 5.59. The highest BCUT2D eigenvalue weighted by Gasteiger charge is 2.35. The number of carbonyl (C=O) groups excluding carboxylic acids is 3. The van der Waals surface area contributed by atoms with Crippen molar-refractivity contribution >= 4 is 17.7 Å². The second-order valence-electron chi connectivity index (χ2n) is 7.37. The topological polar surface area (TPSA) is 78.5 Å². The molecule has 0 radical (unpaired) electrons. The monoisotopic (exact) mass is 309 g/mol. The van der Waals surface area contributed by atoms with E-state index in [9.17, 15) is 14.4 Å². The van der Waals surface area contributed by atoms with Crippen LogP contribution < -0.4 is 10.6 Å². The number of nitrogens with one attached hydrogen (secondary N) is 2. The van der Waals surface area contributed by atoms with Gasteiger partial charge in [-0.05, 0) is 25.7 Å². The van der Waals surface area contributed by atoms with Gasteiger partial charge in [-0.3, -0.25) is 14.4 Å². The molecule has 0 aromatic rings. The maximum atomic E-state index is 12.0. The van der Waals surface area contributed by atoms with Crippen LogP contribution in [-0.2, 0) is 14.4 Å². The zero-order valence-corrected chi connectivity index (χ0v) is 13.8. The summed E-state index contributed by atoms with van der Waals surface area (Å²) in [4.78, 5) is 37.5. The average molecular weight is 309 g/mol. The van der Waals surface area contributed by atoms with Crippen LogP contribution in [0.5, 0.6) is 0 Å². The summed E-state index contributed by atoms with van der Waals surface area (Å²) >= 11 is 0. The van der Waals surface area contributed by atoms with Gasteiger partial charge >= 0.3 is 0 Å². The lowest BCUT2D eigenvalue weighted by atomic mass is 9.96. The maximum absolute atomic E-state index is 12.0. The van der Waals surface area contributed by atoms with Crippen LogP contribution in [0.4, 0.5) is 0 Å². The van der Waals surface area contributed by atoms with Crippen molar-refractivity contribution < 1.29 is 14.4 Å². The van der Waals surface area contributed by atoms with Crippen molar-refractivity contribution in [3.05, 3.63) is 0 Å². The van der Waals surface area contributed by atoms with Gasteiger partial charge in [-0.15, -0.1) is 0 Å². The van der Waals surface area contributed by atoms with Crippen LogP contribution in [0.2, 0.25) is 0 Å². The third-order valence-electron chi connectivity index (χ3n) is 4.19. The Morgan fingerprint density at radius 3 is 2.14 bits per heavy atom. The molecule has 2 aliphatic rings. The second-order valence-corrected chi connectivity index (χ2v) is 7.37. The van der Waals surface area contributed by atoms with E-state index in [1.807, 2.05) is 25.7 Å². The Balaban J connectivity index is 1.66. The molecule has 2 N–H and O–H groups in total. The van der Waals surface area contributed by atoms with E-state index in [0.717, 1.165) is 25.7 Å². The predicted molar refractivity (Wildman–Crippen MR) is 82.9 cm³/mol. The Kier molecular flexibility index (Phi) is 5.08. The van der Waals surface area contributed by atoms with Crippen LogP contribution in [0.15, 0.2) is 0 Å². The molecular formula is C16H27N3O3. The number of amides is 3. The second kappa shape index (κ2) is 6.67. The Morgan fingerprint density at radius 1 is 1.05 bits per heavy atom. The SMILES string of the molecule is CC(C)(C)C(=O)NCC(=O)NC1CCN(C(=O)C2CC2)CC1. The molecule has 0 atom stereocenters. The molecule has 1 saturated carbocycles. The number of rotatable bonds is 4. The smallest absolute Gasteiger partial charge is 0.239 e. The molecule has 0 aromatic carbocycles. The third-order valence-corrected chi connectivity index (χ3v) is 4.19. The minimum atomic E-state index is -0.491. The summed E-state index contributed by atoms with van der Waals surface area (Å²) in [6.45, 7) is 6.88. The molecule has 1 heterocycles. The van der Waals surface area contributed by atoms with Crippen LogP contribution in [0.1, 0.15) is 46.5 Å². The number of piperidine rings is 1. The number of hydrogen-bond donors (Lipinski definition) is 2. The zero-order valence-electron chi connectivity index (χ0n) is 13.8. The van der Waals surface area contributed by atoms with Gasteiger partial charge in [0.15, 0.2) is 0 Å². The minimum Gasteiger partial charge on any atom is -0.352 e. The molecule has 0 unspecified atom stereocenters. The first-order valence-corrected chi connectivity index (χ1v) is 8.14. The van der Waals surface area contributed by atoms with Crippen LogP contribution in [0, 0.1) is 11.3 Å². The average Bonchev–Trinajstić information content (AvgIpc) is 3.28. The molecule has 1 aliphatic carbocycles. The first kappa shape index (κ1) is 16.8. The van der Waals surface area contributed by atoms with Crippen molar-refractivity contribution in [3.8, 4) is 0 Å². The third kappa shape index (κ3) is 4.71. The quantitative estimate of drug-likeness (QED) is 0.801. The van der Waals surface area contributed by atoms with Crippen molar-refractivity contribution in [1.82, 2.24) is 15.5 Å². The largest absolute Gasteiger partial charge is 0.352 e. The fraction of sp³-hybridized carbons (Fsp3) is 0.812. The van der Waals surface area contributed by atoms with Crippen molar-refractivity contribution in [2.45, 2.75) is 52.5 Å². The van der Waals surface area contributed by atoms with E-state index in [-0.39, 0.29) is 36.2 Å². The zero-order chi connectivity index (χ0) is 16.3. The molecular weight excluding hydrogens is 282 g/mol. The highest BCUT2D eigenvalue weighted by atomic mass is 16.2.